The maximum absolute atomic E-state index is 13.3. The molecule has 2 aromatic rings. The third-order valence-electron chi connectivity index (χ3n) is 5.70. The molecule has 0 aromatic heterocycles. The van der Waals surface area contributed by atoms with Crippen molar-refractivity contribution in [1.29, 1.82) is 0 Å². The number of carbonyl (C=O) groups is 3. The van der Waals surface area contributed by atoms with E-state index in [-0.39, 0.29) is 43.0 Å². The summed E-state index contributed by atoms with van der Waals surface area (Å²) >= 11 is 0. The quantitative estimate of drug-likeness (QED) is 0.674. The van der Waals surface area contributed by atoms with Gasteiger partial charge in [0, 0.05) is 44.7 Å². The summed E-state index contributed by atoms with van der Waals surface area (Å²) in [5.41, 5.74) is 2.21. The summed E-state index contributed by atoms with van der Waals surface area (Å²) in [4.78, 5) is 41.9. The number of para-hydroxylation sites is 1. The van der Waals surface area contributed by atoms with Crippen LogP contribution in [0.3, 0.4) is 0 Å². The molecule has 1 atom stereocenters. The molecule has 0 bridgehead atoms. The van der Waals surface area contributed by atoms with Gasteiger partial charge in [0.1, 0.15) is 6.17 Å². The van der Waals surface area contributed by atoms with Gasteiger partial charge in [0.15, 0.2) is 0 Å². The number of sulfonamides is 1. The number of hydrogen-bond donors (Lipinski definition) is 1. The number of rotatable bonds is 7. The first kappa shape index (κ1) is 22.0. The molecule has 0 spiro atoms. The summed E-state index contributed by atoms with van der Waals surface area (Å²) in [5.74, 6) is -1.02. The highest BCUT2D eigenvalue weighted by atomic mass is 32.2. The van der Waals surface area contributed by atoms with E-state index < -0.39 is 16.2 Å². The average Bonchev–Trinajstić information content (AvgIpc) is 3.06. The maximum atomic E-state index is 13.3. The minimum atomic E-state index is -3.41. The van der Waals surface area contributed by atoms with Crippen LogP contribution in [0.15, 0.2) is 48.5 Å². The van der Waals surface area contributed by atoms with Gasteiger partial charge in [-0.3, -0.25) is 19.3 Å². The van der Waals surface area contributed by atoms with Crippen LogP contribution < -0.4 is 10.2 Å². The van der Waals surface area contributed by atoms with Crippen LogP contribution in [-0.4, -0.2) is 68.3 Å². The van der Waals surface area contributed by atoms with Gasteiger partial charge in [-0.1, -0.05) is 30.3 Å². The predicted molar refractivity (Wildman–Crippen MR) is 119 cm³/mol. The van der Waals surface area contributed by atoms with Gasteiger partial charge < -0.3 is 10.2 Å². The van der Waals surface area contributed by atoms with Crippen molar-refractivity contribution in [1.82, 2.24) is 14.5 Å². The monoisotopic (exact) mass is 456 g/mol. The van der Waals surface area contributed by atoms with Crippen molar-refractivity contribution in [3.05, 3.63) is 65.2 Å². The molecular formula is C22H24N4O5S. The lowest BCUT2D eigenvalue weighted by Crippen LogP contribution is -2.49. The molecule has 1 unspecified atom stereocenters. The molecule has 32 heavy (non-hydrogen) atoms. The van der Waals surface area contributed by atoms with Crippen LogP contribution in [0.5, 0.6) is 0 Å². The van der Waals surface area contributed by atoms with Crippen molar-refractivity contribution in [3.8, 4) is 0 Å². The number of benzene rings is 2. The average molecular weight is 457 g/mol. The van der Waals surface area contributed by atoms with Crippen LogP contribution in [0.25, 0.3) is 0 Å². The van der Waals surface area contributed by atoms with Crippen molar-refractivity contribution < 1.29 is 22.8 Å². The smallest absolute Gasteiger partial charge is 0.260 e. The van der Waals surface area contributed by atoms with Gasteiger partial charge >= 0.3 is 0 Å². The Morgan fingerprint density at radius 1 is 1.00 bits per heavy atom. The summed E-state index contributed by atoms with van der Waals surface area (Å²) in [6.45, 7) is 0.0647. The summed E-state index contributed by atoms with van der Waals surface area (Å²) in [5, 5.41) is 2.59. The number of nitrogens with zero attached hydrogens (tertiary/aromatic N) is 3. The lowest BCUT2D eigenvalue weighted by molar-refractivity contribution is -0.121. The van der Waals surface area contributed by atoms with Gasteiger partial charge in [-0.2, -0.15) is 0 Å². The van der Waals surface area contributed by atoms with Crippen LogP contribution in [-0.2, 0) is 14.8 Å². The molecule has 2 aliphatic heterocycles. The normalized spacial score (nSPS) is 17.3. The topological polar surface area (TPSA) is 107 Å². The van der Waals surface area contributed by atoms with Gasteiger partial charge in [0.05, 0.1) is 17.0 Å². The standard InChI is InChI=1S/C22H24N4O5S/c1-24(2)32(30,31)14-12-23-19(27)11-13-25-20-15-7-3-4-8-16(15)22(29)26(20)18-10-6-5-9-17(18)21(25)28/h3-10,20H,11-14H2,1-2H3,(H,23,27). The Bertz CT molecular complexity index is 1190. The van der Waals surface area contributed by atoms with E-state index in [0.29, 0.717) is 16.8 Å². The number of anilines is 1. The minimum absolute atomic E-state index is 0.0172. The van der Waals surface area contributed by atoms with Crippen LogP contribution in [0.4, 0.5) is 5.69 Å². The van der Waals surface area contributed by atoms with Gasteiger partial charge in [0.25, 0.3) is 11.8 Å². The van der Waals surface area contributed by atoms with Gasteiger partial charge in [-0.05, 0) is 18.2 Å². The van der Waals surface area contributed by atoms with E-state index in [0.717, 1.165) is 9.87 Å². The lowest BCUT2D eigenvalue weighted by atomic mass is 10.0. The van der Waals surface area contributed by atoms with Crippen molar-refractivity contribution in [2.24, 2.45) is 0 Å². The highest BCUT2D eigenvalue weighted by Crippen LogP contribution is 2.45. The third-order valence-corrected chi connectivity index (χ3v) is 7.53. The SMILES string of the molecule is CN(C)S(=O)(=O)CCNC(=O)CCN1C(=O)c2ccccc2N2C(=O)c3ccccc3C12. The Hall–Kier alpha value is -3.24. The van der Waals surface area contributed by atoms with Gasteiger partial charge in [0.2, 0.25) is 15.9 Å². The molecule has 0 saturated heterocycles. The zero-order valence-corrected chi connectivity index (χ0v) is 18.6. The molecule has 0 fully saturated rings. The molecule has 0 aliphatic carbocycles. The molecule has 168 valence electrons. The predicted octanol–water partition coefficient (Wildman–Crippen LogP) is 1.20. The second kappa shape index (κ2) is 8.36. The number of hydrogen-bond acceptors (Lipinski definition) is 5. The fourth-order valence-electron chi connectivity index (χ4n) is 4.01. The van der Waals surface area contributed by atoms with E-state index in [1.54, 1.807) is 41.3 Å². The largest absolute Gasteiger partial charge is 0.355 e. The van der Waals surface area contributed by atoms with Crippen LogP contribution in [0.1, 0.15) is 38.9 Å². The van der Waals surface area contributed by atoms with E-state index in [1.165, 1.54) is 19.0 Å². The molecule has 0 radical (unpaired) electrons. The fraction of sp³-hybridized carbons (Fsp3) is 0.318. The third kappa shape index (κ3) is 3.76. The zero-order chi connectivity index (χ0) is 23.0. The molecular weight excluding hydrogens is 432 g/mol. The summed E-state index contributed by atoms with van der Waals surface area (Å²) in [6.07, 6.45) is -0.639. The Morgan fingerprint density at radius 3 is 2.38 bits per heavy atom. The molecule has 2 aliphatic rings. The minimum Gasteiger partial charge on any atom is -0.355 e. The highest BCUT2D eigenvalue weighted by Gasteiger charge is 2.47. The van der Waals surface area contributed by atoms with Crippen LogP contribution in [0.2, 0.25) is 0 Å². The van der Waals surface area contributed by atoms with E-state index in [4.69, 9.17) is 0 Å². The van der Waals surface area contributed by atoms with E-state index in [9.17, 15) is 22.8 Å². The van der Waals surface area contributed by atoms with Gasteiger partial charge in [-0.25, -0.2) is 12.7 Å². The Kier molecular flexibility index (Phi) is 5.74. The molecule has 2 heterocycles. The summed E-state index contributed by atoms with van der Waals surface area (Å²) in [6, 6.07) is 14.1. The number of fused-ring (bicyclic) bond motifs is 5. The first-order valence-electron chi connectivity index (χ1n) is 10.2. The molecule has 9 nitrogen and oxygen atoms in total. The molecule has 3 amide bonds. The highest BCUT2D eigenvalue weighted by molar-refractivity contribution is 7.89. The molecule has 0 saturated carbocycles. The maximum Gasteiger partial charge on any atom is 0.260 e. The summed E-state index contributed by atoms with van der Waals surface area (Å²) < 4.78 is 24.8. The van der Waals surface area contributed by atoms with Crippen LogP contribution >= 0.6 is 0 Å². The number of nitrogens with one attached hydrogen (secondary N) is 1. The second-order valence-electron chi connectivity index (χ2n) is 7.85. The van der Waals surface area contributed by atoms with Crippen molar-refractivity contribution in [2.45, 2.75) is 12.6 Å². The Morgan fingerprint density at radius 2 is 1.66 bits per heavy atom. The Balaban J connectivity index is 1.53. The lowest BCUT2D eigenvalue weighted by Gasteiger charge is -2.40. The van der Waals surface area contributed by atoms with Crippen molar-refractivity contribution in [3.63, 3.8) is 0 Å². The molecule has 4 rings (SSSR count). The van der Waals surface area contributed by atoms with Crippen molar-refractivity contribution in [2.75, 3.05) is 37.8 Å². The van der Waals surface area contributed by atoms with E-state index in [2.05, 4.69) is 5.32 Å². The Labute approximate surface area is 186 Å². The first-order valence-corrected chi connectivity index (χ1v) is 11.8. The van der Waals surface area contributed by atoms with E-state index >= 15 is 0 Å². The summed E-state index contributed by atoms with van der Waals surface area (Å²) in [7, 11) is -0.545. The van der Waals surface area contributed by atoms with Crippen LogP contribution in [0, 0.1) is 0 Å². The second-order valence-corrected chi connectivity index (χ2v) is 10.2. The molecule has 10 heteroatoms. The molecule has 1 N–H and O–H groups in total. The first-order chi connectivity index (χ1) is 15.2. The van der Waals surface area contributed by atoms with Gasteiger partial charge in [-0.15, -0.1) is 0 Å². The molecule has 2 aromatic carbocycles. The number of carbonyl (C=O) groups excluding carboxylic acids is 3. The fourth-order valence-corrected chi connectivity index (χ4v) is 4.74. The van der Waals surface area contributed by atoms with E-state index in [1.807, 2.05) is 12.1 Å². The number of amides is 3. The van der Waals surface area contributed by atoms with Crippen molar-refractivity contribution >= 4 is 33.4 Å². The zero-order valence-electron chi connectivity index (χ0n) is 17.8.